The summed E-state index contributed by atoms with van der Waals surface area (Å²) in [5, 5.41) is 3.03. The van der Waals surface area contributed by atoms with E-state index in [1.54, 1.807) is 32.5 Å². The standard InChI is InChI=1S/C23H26N2O4/c1-5-8-15(2)25-22(26)17-9-6-7-10-18(17)23-24-14-21(29-23)19-12-11-16(27-3)13-20(19)28-4/h6-7,9-15H,5,8H2,1-4H3,(H,25,26). The van der Waals surface area contributed by atoms with Gasteiger partial charge in [0, 0.05) is 17.7 Å². The van der Waals surface area contributed by atoms with Crippen LogP contribution in [0.2, 0.25) is 0 Å². The van der Waals surface area contributed by atoms with Crippen LogP contribution in [0.25, 0.3) is 22.8 Å². The fraction of sp³-hybridized carbons (Fsp3) is 0.304. The van der Waals surface area contributed by atoms with Gasteiger partial charge in [-0.15, -0.1) is 0 Å². The molecule has 0 bridgehead atoms. The molecule has 2 aromatic carbocycles. The van der Waals surface area contributed by atoms with Gasteiger partial charge in [0.05, 0.1) is 31.5 Å². The number of nitrogens with one attached hydrogen (secondary N) is 1. The number of methoxy groups -OCH3 is 2. The van der Waals surface area contributed by atoms with Crippen LogP contribution in [0, 0.1) is 0 Å². The van der Waals surface area contributed by atoms with E-state index in [1.165, 1.54) is 0 Å². The number of aromatic nitrogens is 1. The first-order valence-electron chi connectivity index (χ1n) is 9.65. The van der Waals surface area contributed by atoms with Gasteiger partial charge in [0.15, 0.2) is 5.76 Å². The Morgan fingerprint density at radius 3 is 2.66 bits per heavy atom. The molecule has 0 saturated carbocycles. The molecule has 1 unspecified atom stereocenters. The second-order valence-corrected chi connectivity index (χ2v) is 6.80. The first-order valence-corrected chi connectivity index (χ1v) is 9.65. The Hall–Kier alpha value is -3.28. The van der Waals surface area contributed by atoms with Crippen molar-refractivity contribution in [1.29, 1.82) is 0 Å². The number of rotatable bonds is 8. The van der Waals surface area contributed by atoms with Crippen LogP contribution in [0.1, 0.15) is 37.0 Å². The van der Waals surface area contributed by atoms with Gasteiger partial charge < -0.3 is 19.2 Å². The summed E-state index contributed by atoms with van der Waals surface area (Å²) < 4.78 is 16.7. The van der Waals surface area contributed by atoms with Crippen LogP contribution in [-0.2, 0) is 0 Å². The Morgan fingerprint density at radius 2 is 1.93 bits per heavy atom. The van der Waals surface area contributed by atoms with Crippen molar-refractivity contribution in [3.63, 3.8) is 0 Å². The predicted molar refractivity (Wildman–Crippen MR) is 112 cm³/mol. The van der Waals surface area contributed by atoms with Crippen LogP contribution in [0.3, 0.4) is 0 Å². The van der Waals surface area contributed by atoms with E-state index in [1.807, 2.05) is 37.3 Å². The van der Waals surface area contributed by atoms with Crippen LogP contribution in [-0.4, -0.2) is 31.2 Å². The van der Waals surface area contributed by atoms with Crippen molar-refractivity contribution in [3.8, 4) is 34.3 Å². The average Bonchev–Trinajstić information content (AvgIpc) is 3.23. The molecule has 0 saturated heterocycles. The van der Waals surface area contributed by atoms with Gasteiger partial charge in [0.1, 0.15) is 11.5 Å². The molecule has 0 radical (unpaired) electrons. The van der Waals surface area contributed by atoms with Crippen LogP contribution in [0.15, 0.2) is 53.1 Å². The Labute approximate surface area is 170 Å². The Bertz CT molecular complexity index is 981. The Morgan fingerprint density at radius 1 is 1.14 bits per heavy atom. The summed E-state index contributed by atoms with van der Waals surface area (Å²) >= 11 is 0. The van der Waals surface area contributed by atoms with Gasteiger partial charge >= 0.3 is 0 Å². The van der Waals surface area contributed by atoms with Crippen molar-refractivity contribution in [3.05, 3.63) is 54.2 Å². The first kappa shape index (κ1) is 20.5. The molecule has 0 aliphatic heterocycles. The molecule has 6 heteroatoms. The molecule has 152 valence electrons. The van der Waals surface area contributed by atoms with Gasteiger partial charge in [-0.3, -0.25) is 4.79 Å². The summed E-state index contributed by atoms with van der Waals surface area (Å²) in [5.41, 5.74) is 1.93. The van der Waals surface area contributed by atoms with Gasteiger partial charge in [-0.1, -0.05) is 25.5 Å². The largest absolute Gasteiger partial charge is 0.497 e. The van der Waals surface area contributed by atoms with Crippen molar-refractivity contribution in [2.75, 3.05) is 14.2 Å². The fourth-order valence-corrected chi connectivity index (χ4v) is 3.20. The molecule has 1 heterocycles. The number of benzene rings is 2. The first-order chi connectivity index (χ1) is 14.1. The van der Waals surface area contributed by atoms with Gasteiger partial charge in [-0.25, -0.2) is 4.98 Å². The van der Waals surface area contributed by atoms with E-state index in [2.05, 4.69) is 17.2 Å². The highest BCUT2D eigenvalue weighted by molar-refractivity contribution is 6.00. The maximum absolute atomic E-state index is 12.8. The van der Waals surface area contributed by atoms with E-state index in [-0.39, 0.29) is 11.9 Å². The molecular formula is C23H26N2O4. The molecule has 0 spiro atoms. The number of hydrogen-bond acceptors (Lipinski definition) is 5. The van der Waals surface area contributed by atoms with Crippen molar-refractivity contribution in [1.82, 2.24) is 10.3 Å². The Kier molecular flexibility index (Phi) is 6.54. The molecule has 1 atom stereocenters. The lowest BCUT2D eigenvalue weighted by atomic mass is 10.1. The molecule has 1 amide bonds. The van der Waals surface area contributed by atoms with Crippen LogP contribution in [0.4, 0.5) is 0 Å². The average molecular weight is 394 g/mol. The molecule has 6 nitrogen and oxygen atoms in total. The lowest BCUT2D eigenvalue weighted by molar-refractivity contribution is 0.0938. The fourth-order valence-electron chi connectivity index (χ4n) is 3.20. The summed E-state index contributed by atoms with van der Waals surface area (Å²) in [4.78, 5) is 17.2. The summed E-state index contributed by atoms with van der Waals surface area (Å²) in [6.07, 6.45) is 3.57. The molecule has 0 fully saturated rings. The number of nitrogens with zero attached hydrogens (tertiary/aromatic N) is 1. The van der Waals surface area contributed by atoms with Crippen LogP contribution in [0.5, 0.6) is 11.5 Å². The van der Waals surface area contributed by atoms with Crippen LogP contribution < -0.4 is 14.8 Å². The lowest BCUT2D eigenvalue weighted by Gasteiger charge is -2.14. The third-order valence-corrected chi connectivity index (χ3v) is 4.68. The van der Waals surface area contributed by atoms with Gasteiger partial charge in [0.25, 0.3) is 5.91 Å². The van der Waals surface area contributed by atoms with Gasteiger partial charge in [-0.2, -0.15) is 0 Å². The van der Waals surface area contributed by atoms with Crippen LogP contribution >= 0.6 is 0 Å². The van der Waals surface area contributed by atoms with E-state index in [0.29, 0.717) is 34.3 Å². The highest BCUT2D eigenvalue weighted by atomic mass is 16.5. The summed E-state index contributed by atoms with van der Waals surface area (Å²) in [6.45, 7) is 4.10. The second kappa shape index (κ2) is 9.28. The van der Waals surface area contributed by atoms with Crippen molar-refractivity contribution in [2.45, 2.75) is 32.7 Å². The lowest BCUT2D eigenvalue weighted by Crippen LogP contribution is -2.32. The molecule has 3 aromatic rings. The summed E-state index contributed by atoms with van der Waals surface area (Å²) in [5.74, 6) is 2.10. The maximum Gasteiger partial charge on any atom is 0.252 e. The predicted octanol–water partition coefficient (Wildman–Crippen LogP) is 4.94. The number of ether oxygens (including phenoxy) is 2. The Balaban J connectivity index is 1.93. The molecule has 1 N–H and O–H groups in total. The number of carbonyl (C=O) groups is 1. The SMILES string of the molecule is CCCC(C)NC(=O)c1ccccc1-c1ncc(-c2ccc(OC)cc2OC)o1. The normalized spacial score (nSPS) is 11.7. The summed E-state index contributed by atoms with van der Waals surface area (Å²) in [6, 6.07) is 12.9. The van der Waals surface area contributed by atoms with Gasteiger partial charge in [-0.05, 0) is 37.6 Å². The molecular weight excluding hydrogens is 368 g/mol. The smallest absolute Gasteiger partial charge is 0.252 e. The molecule has 1 aromatic heterocycles. The minimum absolute atomic E-state index is 0.101. The van der Waals surface area contributed by atoms with Crippen molar-refractivity contribution < 1.29 is 18.7 Å². The number of oxazole rings is 1. The second-order valence-electron chi connectivity index (χ2n) is 6.80. The zero-order chi connectivity index (χ0) is 20.8. The quantitative estimate of drug-likeness (QED) is 0.585. The highest BCUT2D eigenvalue weighted by Crippen LogP contribution is 2.35. The monoisotopic (exact) mass is 394 g/mol. The molecule has 29 heavy (non-hydrogen) atoms. The zero-order valence-corrected chi connectivity index (χ0v) is 17.2. The van der Waals surface area contributed by atoms with Crippen molar-refractivity contribution in [2.24, 2.45) is 0 Å². The zero-order valence-electron chi connectivity index (χ0n) is 17.2. The van der Waals surface area contributed by atoms with E-state index in [4.69, 9.17) is 13.9 Å². The number of hydrogen-bond donors (Lipinski definition) is 1. The maximum atomic E-state index is 12.8. The minimum Gasteiger partial charge on any atom is -0.497 e. The van der Waals surface area contributed by atoms with E-state index in [9.17, 15) is 4.79 Å². The minimum atomic E-state index is -0.136. The van der Waals surface area contributed by atoms with Gasteiger partial charge in [0.2, 0.25) is 5.89 Å². The van der Waals surface area contributed by atoms with Crippen molar-refractivity contribution >= 4 is 5.91 Å². The number of carbonyl (C=O) groups excluding carboxylic acids is 1. The van der Waals surface area contributed by atoms with E-state index >= 15 is 0 Å². The number of amides is 1. The topological polar surface area (TPSA) is 73.6 Å². The van der Waals surface area contributed by atoms with E-state index in [0.717, 1.165) is 18.4 Å². The molecule has 0 aliphatic carbocycles. The third-order valence-electron chi connectivity index (χ3n) is 4.68. The highest BCUT2D eigenvalue weighted by Gasteiger charge is 2.19. The molecule has 0 aliphatic rings. The van der Waals surface area contributed by atoms with E-state index < -0.39 is 0 Å². The summed E-state index contributed by atoms with van der Waals surface area (Å²) in [7, 11) is 3.19. The molecule has 3 rings (SSSR count). The third kappa shape index (κ3) is 4.59.